The summed E-state index contributed by atoms with van der Waals surface area (Å²) in [5.41, 5.74) is 2.95. The Morgan fingerprint density at radius 2 is 1.81 bits per heavy atom. The van der Waals surface area contributed by atoms with E-state index >= 15 is 0 Å². The molecule has 3 heterocycles. The number of nitrogens with zero attached hydrogens (tertiary/aromatic N) is 3. The monoisotopic (exact) mass is 579 g/mol. The molecule has 2 aromatic heterocycles. The van der Waals surface area contributed by atoms with Crippen molar-refractivity contribution in [2.24, 2.45) is 0 Å². The maximum absolute atomic E-state index is 13.7. The van der Waals surface area contributed by atoms with Gasteiger partial charge in [-0.1, -0.05) is 42.5 Å². The number of benzene rings is 3. The molecule has 3 N–H and O–H groups in total. The summed E-state index contributed by atoms with van der Waals surface area (Å²) in [4.78, 5) is 41.0. The molecule has 12 heteroatoms. The van der Waals surface area contributed by atoms with Gasteiger partial charge in [-0.05, 0) is 41.5 Å². The molecule has 0 saturated carbocycles. The van der Waals surface area contributed by atoms with Crippen molar-refractivity contribution in [1.82, 2.24) is 14.7 Å². The number of carboxylic acids is 1. The van der Waals surface area contributed by atoms with Gasteiger partial charge in [0.2, 0.25) is 6.79 Å². The van der Waals surface area contributed by atoms with E-state index in [0.717, 1.165) is 11.1 Å². The minimum Gasteiger partial charge on any atom is -0.481 e. The summed E-state index contributed by atoms with van der Waals surface area (Å²) in [6, 6.07) is 23.1. The van der Waals surface area contributed by atoms with Crippen LogP contribution in [-0.4, -0.2) is 38.1 Å². The van der Waals surface area contributed by atoms with E-state index < -0.39 is 29.3 Å². The number of carbonyl (C=O) groups excluding carboxylic acids is 1. The summed E-state index contributed by atoms with van der Waals surface area (Å²) in [6.07, 6.45) is 1.30. The Kier molecular flexibility index (Phi) is 7.31. The van der Waals surface area contributed by atoms with Crippen molar-refractivity contribution < 1.29 is 29.1 Å². The maximum atomic E-state index is 13.7. The molecule has 5 aromatic rings. The molecule has 1 atom stereocenters. The molecule has 0 bridgehead atoms. The number of nitro benzene ring substituents is 1. The van der Waals surface area contributed by atoms with Crippen molar-refractivity contribution in [1.29, 1.82) is 0 Å². The molecule has 1 amide bonds. The van der Waals surface area contributed by atoms with E-state index in [9.17, 15) is 24.8 Å². The zero-order valence-corrected chi connectivity index (χ0v) is 22.6. The molecule has 3 aromatic carbocycles. The molecule has 0 saturated heterocycles. The molecule has 1 aliphatic rings. The summed E-state index contributed by atoms with van der Waals surface area (Å²) in [5, 5.41) is 27.0. The highest BCUT2D eigenvalue weighted by Crippen LogP contribution is 2.38. The first-order valence-electron chi connectivity index (χ1n) is 13.3. The molecule has 0 aliphatic carbocycles. The van der Waals surface area contributed by atoms with E-state index in [1.807, 2.05) is 42.5 Å². The van der Waals surface area contributed by atoms with E-state index in [1.165, 1.54) is 18.2 Å². The first kappa shape index (κ1) is 27.3. The second-order valence-electron chi connectivity index (χ2n) is 9.81. The minimum absolute atomic E-state index is 0.121. The van der Waals surface area contributed by atoms with Crippen LogP contribution in [0.3, 0.4) is 0 Å². The van der Waals surface area contributed by atoms with Gasteiger partial charge in [-0.3, -0.25) is 24.1 Å². The number of nitro groups is 1. The van der Waals surface area contributed by atoms with Crippen LogP contribution in [0, 0.1) is 10.1 Å². The number of ether oxygens (including phenoxy) is 2. The highest BCUT2D eigenvalue weighted by molar-refractivity contribution is 6.01. The van der Waals surface area contributed by atoms with Crippen molar-refractivity contribution in [2.75, 3.05) is 12.1 Å². The van der Waals surface area contributed by atoms with Gasteiger partial charge in [-0.25, -0.2) is 4.98 Å². The number of carbonyl (C=O) groups is 2. The second kappa shape index (κ2) is 11.5. The number of imidazole rings is 1. The number of aromatic nitrogens is 2. The summed E-state index contributed by atoms with van der Waals surface area (Å²) >= 11 is 0. The number of rotatable bonds is 10. The Balaban J connectivity index is 1.40. The standard InChI is InChI=1S/C31H25N5O7/c37-27(38)16-24(20-8-4-9-22(14-20)36(40)41)33-31(39)23-10-5-13-35-29(23)34-28(21-11-12-25-26(15-21)43-18-42-25)30(35)32-17-19-6-2-1-3-7-19/h1-15,24,32H,16-18H2,(H,33,39)(H,37,38). The number of carboxylic acid groups (broad SMARTS) is 1. The highest BCUT2D eigenvalue weighted by atomic mass is 16.7. The van der Waals surface area contributed by atoms with E-state index in [-0.39, 0.29) is 18.0 Å². The largest absolute Gasteiger partial charge is 0.481 e. The van der Waals surface area contributed by atoms with Gasteiger partial charge in [0, 0.05) is 30.4 Å². The minimum atomic E-state index is -1.17. The van der Waals surface area contributed by atoms with Crippen LogP contribution in [-0.2, 0) is 11.3 Å². The lowest BCUT2D eigenvalue weighted by Crippen LogP contribution is -2.30. The van der Waals surface area contributed by atoms with Crippen molar-refractivity contribution in [3.8, 4) is 22.8 Å². The molecule has 1 aliphatic heterocycles. The molecule has 43 heavy (non-hydrogen) atoms. The van der Waals surface area contributed by atoms with Crippen molar-refractivity contribution in [3.63, 3.8) is 0 Å². The number of amides is 1. The molecule has 6 rings (SSSR count). The molecule has 0 radical (unpaired) electrons. The molecular formula is C31H25N5O7. The van der Waals surface area contributed by atoms with Crippen LogP contribution >= 0.6 is 0 Å². The predicted octanol–water partition coefficient (Wildman–Crippen LogP) is 5.20. The number of nitrogens with one attached hydrogen (secondary N) is 2. The van der Waals surface area contributed by atoms with Crippen LogP contribution in [0.2, 0.25) is 0 Å². The zero-order chi connectivity index (χ0) is 29.9. The first-order chi connectivity index (χ1) is 20.9. The Morgan fingerprint density at radius 1 is 1.00 bits per heavy atom. The van der Waals surface area contributed by atoms with Gasteiger partial charge < -0.3 is 25.2 Å². The first-order valence-corrected chi connectivity index (χ1v) is 13.3. The van der Waals surface area contributed by atoms with Gasteiger partial charge in [0.15, 0.2) is 17.1 Å². The Labute approximate surface area is 244 Å². The molecule has 0 fully saturated rings. The number of hydrogen-bond acceptors (Lipinski definition) is 8. The quantitative estimate of drug-likeness (QED) is 0.149. The third-order valence-electron chi connectivity index (χ3n) is 7.01. The van der Waals surface area contributed by atoms with Crippen LogP contribution in [0.25, 0.3) is 16.9 Å². The van der Waals surface area contributed by atoms with E-state index in [0.29, 0.717) is 40.8 Å². The van der Waals surface area contributed by atoms with Crippen LogP contribution in [0.5, 0.6) is 11.5 Å². The molecule has 216 valence electrons. The summed E-state index contributed by atoms with van der Waals surface area (Å²) in [5.74, 6) is 0.0775. The van der Waals surface area contributed by atoms with Gasteiger partial charge >= 0.3 is 5.97 Å². The van der Waals surface area contributed by atoms with E-state index in [1.54, 1.807) is 34.9 Å². The number of anilines is 1. The third-order valence-corrected chi connectivity index (χ3v) is 7.01. The van der Waals surface area contributed by atoms with E-state index in [2.05, 4.69) is 10.6 Å². The van der Waals surface area contributed by atoms with Gasteiger partial charge in [-0.2, -0.15) is 0 Å². The van der Waals surface area contributed by atoms with Gasteiger partial charge in [-0.15, -0.1) is 0 Å². The molecule has 1 unspecified atom stereocenters. The van der Waals surface area contributed by atoms with Crippen molar-refractivity contribution in [2.45, 2.75) is 19.0 Å². The van der Waals surface area contributed by atoms with Crippen LogP contribution in [0.1, 0.15) is 33.9 Å². The molecular weight excluding hydrogens is 554 g/mol. The summed E-state index contributed by atoms with van der Waals surface area (Å²) in [7, 11) is 0. The molecule has 12 nitrogen and oxygen atoms in total. The Morgan fingerprint density at radius 3 is 2.60 bits per heavy atom. The predicted molar refractivity (Wildman–Crippen MR) is 156 cm³/mol. The maximum Gasteiger partial charge on any atom is 0.305 e. The Hall–Kier alpha value is -5.91. The van der Waals surface area contributed by atoms with Crippen LogP contribution < -0.4 is 20.1 Å². The summed E-state index contributed by atoms with van der Waals surface area (Å²) < 4.78 is 12.8. The van der Waals surface area contributed by atoms with Gasteiger partial charge in [0.05, 0.1) is 22.9 Å². The fourth-order valence-corrected chi connectivity index (χ4v) is 4.96. The van der Waals surface area contributed by atoms with Crippen molar-refractivity contribution in [3.05, 3.63) is 118 Å². The highest BCUT2D eigenvalue weighted by Gasteiger charge is 2.25. The van der Waals surface area contributed by atoms with Gasteiger partial charge in [0.25, 0.3) is 11.6 Å². The lowest BCUT2D eigenvalue weighted by molar-refractivity contribution is -0.384. The van der Waals surface area contributed by atoms with E-state index in [4.69, 9.17) is 14.5 Å². The topological polar surface area (TPSA) is 157 Å². The smallest absolute Gasteiger partial charge is 0.305 e. The van der Waals surface area contributed by atoms with Crippen molar-refractivity contribution >= 4 is 29.0 Å². The zero-order valence-electron chi connectivity index (χ0n) is 22.6. The summed E-state index contributed by atoms with van der Waals surface area (Å²) in [6.45, 7) is 0.603. The second-order valence-corrected chi connectivity index (χ2v) is 9.81. The SMILES string of the molecule is O=C(O)CC(NC(=O)c1cccn2c(NCc3ccccc3)c(-c3ccc4c(c3)OCO4)nc12)c1cccc([N+](=O)[O-])c1. The fourth-order valence-electron chi connectivity index (χ4n) is 4.96. The normalized spacial score (nSPS) is 12.6. The average molecular weight is 580 g/mol. The average Bonchev–Trinajstić information content (AvgIpc) is 3.64. The van der Waals surface area contributed by atoms with Gasteiger partial charge in [0.1, 0.15) is 11.5 Å². The third kappa shape index (κ3) is 5.66. The fraction of sp³-hybridized carbons (Fsp3) is 0.129. The lowest BCUT2D eigenvalue weighted by atomic mass is 10.0. The van der Waals surface area contributed by atoms with Crippen LogP contribution in [0.4, 0.5) is 11.5 Å². The van der Waals surface area contributed by atoms with Crippen LogP contribution in [0.15, 0.2) is 91.1 Å². The number of pyridine rings is 1. The number of fused-ring (bicyclic) bond motifs is 2. The lowest BCUT2D eigenvalue weighted by Gasteiger charge is -2.18. The Bertz CT molecular complexity index is 1850. The number of non-ortho nitro benzene ring substituents is 1. The number of hydrogen-bond donors (Lipinski definition) is 3. The number of aliphatic carboxylic acids is 1. The molecule has 0 spiro atoms.